The van der Waals surface area contributed by atoms with Crippen molar-refractivity contribution in [2.24, 2.45) is 0 Å². The summed E-state index contributed by atoms with van der Waals surface area (Å²) in [5.41, 5.74) is 1.49. The van der Waals surface area contributed by atoms with Gasteiger partial charge in [0.15, 0.2) is 0 Å². The van der Waals surface area contributed by atoms with Crippen LogP contribution in [0.4, 0.5) is 4.79 Å². The minimum atomic E-state index is -0.501. The van der Waals surface area contributed by atoms with Gasteiger partial charge in [0.2, 0.25) is 0 Å². The molecular weight excluding hydrogens is 266 g/mol. The maximum absolute atomic E-state index is 12.0. The van der Waals surface area contributed by atoms with Crippen molar-refractivity contribution in [3.8, 4) is 5.75 Å². The number of ether oxygens (including phenoxy) is 1. The second-order valence-electron chi connectivity index (χ2n) is 5.72. The largest absolute Gasteiger partial charge is 0.506 e. The molecular formula is C14H18ClNO3. The number of carbonyl (C=O) groups is 1. The van der Waals surface area contributed by atoms with Crippen molar-refractivity contribution in [2.45, 2.75) is 39.3 Å². The Labute approximate surface area is 117 Å². The molecule has 0 atom stereocenters. The van der Waals surface area contributed by atoms with E-state index in [1.165, 1.54) is 0 Å². The first kappa shape index (κ1) is 14.0. The van der Waals surface area contributed by atoms with Crippen molar-refractivity contribution in [3.05, 3.63) is 28.3 Å². The first-order valence-electron chi connectivity index (χ1n) is 6.24. The zero-order chi connectivity index (χ0) is 14.2. The molecule has 0 fully saturated rings. The van der Waals surface area contributed by atoms with Crippen LogP contribution in [0.3, 0.4) is 0 Å². The van der Waals surface area contributed by atoms with Crippen LogP contribution in [0.2, 0.25) is 5.02 Å². The number of aromatic hydroxyl groups is 1. The molecule has 19 heavy (non-hydrogen) atoms. The monoisotopic (exact) mass is 283 g/mol. The van der Waals surface area contributed by atoms with Gasteiger partial charge >= 0.3 is 6.09 Å². The summed E-state index contributed by atoms with van der Waals surface area (Å²) in [6, 6.07) is 3.38. The van der Waals surface area contributed by atoms with Gasteiger partial charge in [-0.15, -0.1) is 0 Å². The Balaban J connectivity index is 2.14. The maximum Gasteiger partial charge on any atom is 0.410 e. The Morgan fingerprint density at radius 2 is 2.05 bits per heavy atom. The van der Waals surface area contributed by atoms with Crippen LogP contribution in [0, 0.1) is 0 Å². The normalized spacial score (nSPS) is 15.1. The Kier molecular flexibility index (Phi) is 3.63. The summed E-state index contributed by atoms with van der Waals surface area (Å²) in [6.07, 6.45) is 0.391. The average molecular weight is 284 g/mol. The topological polar surface area (TPSA) is 49.8 Å². The predicted molar refractivity (Wildman–Crippen MR) is 73.5 cm³/mol. The summed E-state index contributed by atoms with van der Waals surface area (Å²) in [7, 11) is 0. The van der Waals surface area contributed by atoms with Crippen LogP contribution < -0.4 is 0 Å². The summed E-state index contributed by atoms with van der Waals surface area (Å²) >= 11 is 5.88. The fourth-order valence-electron chi connectivity index (χ4n) is 2.05. The number of hydrogen-bond donors (Lipinski definition) is 1. The van der Waals surface area contributed by atoms with Crippen molar-refractivity contribution < 1.29 is 14.6 Å². The first-order valence-corrected chi connectivity index (χ1v) is 6.62. The molecule has 1 aliphatic rings. The van der Waals surface area contributed by atoms with Crippen LogP contribution in [0.15, 0.2) is 12.1 Å². The molecule has 0 aliphatic carbocycles. The molecule has 1 heterocycles. The molecule has 1 aliphatic heterocycles. The summed E-state index contributed by atoms with van der Waals surface area (Å²) in [6.45, 7) is 6.56. The number of benzene rings is 1. The van der Waals surface area contributed by atoms with Crippen LogP contribution in [-0.4, -0.2) is 28.2 Å². The lowest BCUT2D eigenvalue weighted by Crippen LogP contribution is -2.39. The van der Waals surface area contributed by atoms with E-state index in [1.807, 2.05) is 20.8 Å². The van der Waals surface area contributed by atoms with E-state index in [2.05, 4.69) is 0 Å². The number of halogens is 1. The molecule has 1 aromatic rings. The summed E-state index contributed by atoms with van der Waals surface area (Å²) < 4.78 is 5.34. The van der Waals surface area contributed by atoms with Gasteiger partial charge in [0.05, 0.1) is 5.02 Å². The Morgan fingerprint density at radius 1 is 1.37 bits per heavy atom. The standard InChI is InChI=1S/C14H18ClNO3/c1-14(2,3)19-13(18)16-5-4-9-6-11(15)12(17)7-10(9)8-16/h6-7,17H,4-5,8H2,1-3H3. The molecule has 0 aromatic heterocycles. The van der Waals surface area contributed by atoms with Gasteiger partial charge in [-0.05, 0) is 50.5 Å². The summed E-state index contributed by atoms with van der Waals surface area (Å²) in [5.74, 6) is 0.0476. The SMILES string of the molecule is CC(C)(C)OC(=O)N1CCc2cc(Cl)c(O)cc2C1. The van der Waals surface area contributed by atoms with Crippen molar-refractivity contribution >= 4 is 17.7 Å². The second-order valence-corrected chi connectivity index (χ2v) is 6.13. The third kappa shape index (κ3) is 3.32. The molecule has 0 saturated heterocycles. The Morgan fingerprint density at radius 3 is 2.68 bits per heavy atom. The number of hydrogen-bond acceptors (Lipinski definition) is 3. The Hall–Kier alpha value is -1.42. The zero-order valence-corrected chi connectivity index (χ0v) is 12.1. The lowest BCUT2D eigenvalue weighted by molar-refractivity contribution is 0.0224. The second kappa shape index (κ2) is 4.93. The Bertz CT molecular complexity index is 508. The first-order chi connectivity index (χ1) is 8.76. The number of phenols is 1. The number of phenolic OH excluding ortho intramolecular Hbond substituents is 1. The highest BCUT2D eigenvalue weighted by Crippen LogP contribution is 2.30. The van der Waals surface area contributed by atoms with Gasteiger partial charge in [-0.3, -0.25) is 0 Å². The number of carbonyl (C=O) groups excluding carboxylic acids is 1. The van der Waals surface area contributed by atoms with Crippen LogP contribution in [0.1, 0.15) is 31.9 Å². The minimum absolute atomic E-state index is 0.0476. The number of rotatable bonds is 0. The van der Waals surface area contributed by atoms with E-state index in [1.54, 1.807) is 17.0 Å². The lowest BCUT2D eigenvalue weighted by Gasteiger charge is -2.31. The molecule has 0 unspecified atom stereocenters. The highest BCUT2D eigenvalue weighted by molar-refractivity contribution is 6.32. The van der Waals surface area contributed by atoms with Crippen molar-refractivity contribution in [1.29, 1.82) is 0 Å². The molecule has 104 valence electrons. The van der Waals surface area contributed by atoms with Gasteiger partial charge in [-0.25, -0.2) is 4.79 Å². The van der Waals surface area contributed by atoms with Gasteiger partial charge in [-0.2, -0.15) is 0 Å². The lowest BCUT2D eigenvalue weighted by atomic mass is 10.00. The molecule has 0 bridgehead atoms. The quantitative estimate of drug-likeness (QED) is 0.794. The third-order valence-electron chi connectivity index (χ3n) is 2.93. The molecule has 2 rings (SSSR count). The van der Waals surface area contributed by atoms with Gasteiger partial charge in [0.25, 0.3) is 0 Å². The van der Waals surface area contributed by atoms with Gasteiger partial charge in [-0.1, -0.05) is 11.6 Å². The minimum Gasteiger partial charge on any atom is -0.506 e. The van der Waals surface area contributed by atoms with Crippen LogP contribution in [0.5, 0.6) is 5.75 Å². The van der Waals surface area contributed by atoms with Crippen LogP contribution >= 0.6 is 11.6 Å². The average Bonchev–Trinajstić information content (AvgIpc) is 2.27. The molecule has 4 nitrogen and oxygen atoms in total. The van der Waals surface area contributed by atoms with E-state index in [0.29, 0.717) is 24.5 Å². The molecule has 0 radical (unpaired) electrons. The van der Waals surface area contributed by atoms with E-state index in [0.717, 1.165) is 11.1 Å². The number of fused-ring (bicyclic) bond motifs is 1. The van der Waals surface area contributed by atoms with E-state index < -0.39 is 5.60 Å². The molecule has 1 N–H and O–H groups in total. The highest BCUT2D eigenvalue weighted by Gasteiger charge is 2.26. The third-order valence-corrected chi connectivity index (χ3v) is 3.24. The van der Waals surface area contributed by atoms with Gasteiger partial charge in [0.1, 0.15) is 11.4 Å². The molecule has 1 amide bonds. The fourth-order valence-corrected chi connectivity index (χ4v) is 2.23. The smallest absolute Gasteiger partial charge is 0.410 e. The number of nitrogens with zero attached hydrogens (tertiary/aromatic N) is 1. The van der Waals surface area contributed by atoms with Crippen LogP contribution in [0.25, 0.3) is 0 Å². The number of amides is 1. The van der Waals surface area contributed by atoms with E-state index in [-0.39, 0.29) is 11.8 Å². The molecule has 0 saturated carbocycles. The van der Waals surface area contributed by atoms with E-state index in [4.69, 9.17) is 16.3 Å². The van der Waals surface area contributed by atoms with Crippen molar-refractivity contribution in [2.75, 3.05) is 6.54 Å². The highest BCUT2D eigenvalue weighted by atomic mass is 35.5. The predicted octanol–water partition coefficient (Wildman–Crippen LogP) is 3.34. The van der Waals surface area contributed by atoms with E-state index >= 15 is 0 Å². The fraction of sp³-hybridized carbons (Fsp3) is 0.500. The molecule has 1 aromatic carbocycles. The van der Waals surface area contributed by atoms with Crippen molar-refractivity contribution in [3.63, 3.8) is 0 Å². The zero-order valence-electron chi connectivity index (χ0n) is 11.4. The summed E-state index contributed by atoms with van der Waals surface area (Å²) in [4.78, 5) is 13.6. The van der Waals surface area contributed by atoms with E-state index in [9.17, 15) is 9.90 Å². The molecule has 0 spiro atoms. The van der Waals surface area contributed by atoms with Gasteiger partial charge < -0.3 is 14.7 Å². The maximum atomic E-state index is 12.0. The molecule has 5 heteroatoms. The van der Waals surface area contributed by atoms with Crippen LogP contribution in [-0.2, 0) is 17.7 Å². The van der Waals surface area contributed by atoms with Gasteiger partial charge in [0, 0.05) is 13.1 Å². The summed E-state index contributed by atoms with van der Waals surface area (Å²) in [5, 5.41) is 9.97. The van der Waals surface area contributed by atoms with Crippen molar-refractivity contribution in [1.82, 2.24) is 4.90 Å².